The fourth-order valence-corrected chi connectivity index (χ4v) is 2.62. The number of carbonyl (C=O) groups is 2. The fraction of sp³-hybridized carbons (Fsp3) is 0.467. The fourth-order valence-electron chi connectivity index (χ4n) is 2.62. The molecule has 1 fully saturated rings. The number of amides is 1. The quantitative estimate of drug-likeness (QED) is 0.658. The first-order chi connectivity index (χ1) is 9.52. The normalized spacial score (nSPS) is 18.7. The van der Waals surface area contributed by atoms with Crippen molar-refractivity contribution in [2.45, 2.75) is 19.8 Å². The van der Waals surface area contributed by atoms with E-state index in [1.807, 2.05) is 6.92 Å². The lowest BCUT2D eigenvalue weighted by atomic mass is 9.97. The van der Waals surface area contributed by atoms with E-state index in [2.05, 4.69) is 0 Å². The number of aryl methyl sites for hydroxylation is 1. The number of likely N-dealkylation sites (tertiary alicyclic amines) is 1. The molecule has 2 rings (SSSR count). The Morgan fingerprint density at radius 3 is 2.80 bits per heavy atom. The summed E-state index contributed by atoms with van der Waals surface area (Å²) in [4.78, 5) is 25.9. The Morgan fingerprint density at radius 1 is 1.40 bits per heavy atom. The molecule has 5 nitrogen and oxygen atoms in total. The molecule has 1 saturated heterocycles. The van der Waals surface area contributed by atoms with Crippen LogP contribution in [0.5, 0.6) is 0 Å². The number of rotatable bonds is 2. The molecular weight excluding hydrogens is 256 g/mol. The van der Waals surface area contributed by atoms with Crippen molar-refractivity contribution in [3.63, 3.8) is 0 Å². The Kier molecular flexibility index (Phi) is 4.27. The molecule has 0 bridgehead atoms. The molecule has 1 aliphatic heterocycles. The van der Waals surface area contributed by atoms with Crippen LogP contribution in [0.2, 0.25) is 0 Å². The smallest absolute Gasteiger partial charge is 0.310 e. The molecule has 0 radical (unpaired) electrons. The summed E-state index contributed by atoms with van der Waals surface area (Å²) < 4.78 is 4.77. The van der Waals surface area contributed by atoms with Gasteiger partial charge in [0.15, 0.2) is 0 Å². The van der Waals surface area contributed by atoms with Gasteiger partial charge < -0.3 is 15.4 Å². The third-order valence-electron chi connectivity index (χ3n) is 3.72. The van der Waals surface area contributed by atoms with Crippen molar-refractivity contribution in [3.8, 4) is 0 Å². The summed E-state index contributed by atoms with van der Waals surface area (Å²) in [7, 11) is 1.38. The summed E-state index contributed by atoms with van der Waals surface area (Å²) in [5.74, 6) is -0.501. The number of nitrogens with two attached hydrogens (primary N) is 1. The molecule has 0 saturated carbocycles. The number of esters is 1. The minimum Gasteiger partial charge on any atom is -0.469 e. The Hall–Kier alpha value is -2.04. The minimum absolute atomic E-state index is 0.0453. The molecule has 0 aliphatic carbocycles. The van der Waals surface area contributed by atoms with Crippen molar-refractivity contribution >= 4 is 17.6 Å². The second kappa shape index (κ2) is 5.94. The van der Waals surface area contributed by atoms with E-state index >= 15 is 0 Å². The van der Waals surface area contributed by atoms with Gasteiger partial charge in [0.05, 0.1) is 13.0 Å². The number of nitrogen functional groups attached to an aromatic ring is 1. The van der Waals surface area contributed by atoms with Crippen LogP contribution in [-0.4, -0.2) is 37.0 Å². The van der Waals surface area contributed by atoms with Gasteiger partial charge in [-0.2, -0.15) is 0 Å². The molecule has 1 unspecified atom stereocenters. The highest BCUT2D eigenvalue weighted by atomic mass is 16.5. The summed E-state index contributed by atoms with van der Waals surface area (Å²) in [6.07, 6.45) is 1.59. The lowest BCUT2D eigenvalue weighted by Crippen LogP contribution is -2.42. The molecule has 0 spiro atoms. The van der Waals surface area contributed by atoms with Gasteiger partial charge in [-0.1, -0.05) is 0 Å². The monoisotopic (exact) mass is 276 g/mol. The third kappa shape index (κ3) is 2.92. The second-order valence-corrected chi connectivity index (χ2v) is 5.19. The third-order valence-corrected chi connectivity index (χ3v) is 3.72. The Balaban J connectivity index is 2.14. The summed E-state index contributed by atoms with van der Waals surface area (Å²) in [6.45, 7) is 2.97. The van der Waals surface area contributed by atoms with E-state index in [1.165, 1.54) is 7.11 Å². The first-order valence-electron chi connectivity index (χ1n) is 6.76. The maximum atomic E-state index is 12.5. The molecular formula is C15H20N2O3. The van der Waals surface area contributed by atoms with Crippen LogP contribution in [0.1, 0.15) is 28.8 Å². The molecule has 1 aromatic carbocycles. The summed E-state index contributed by atoms with van der Waals surface area (Å²) in [6, 6.07) is 5.26. The van der Waals surface area contributed by atoms with Gasteiger partial charge in [0, 0.05) is 24.3 Å². The van der Waals surface area contributed by atoms with Gasteiger partial charge in [-0.3, -0.25) is 9.59 Å². The van der Waals surface area contributed by atoms with Crippen LogP contribution in [0.25, 0.3) is 0 Å². The number of ether oxygens (including phenoxy) is 1. The van der Waals surface area contributed by atoms with Crippen LogP contribution < -0.4 is 5.73 Å². The first-order valence-corrected chi connectivity index (χ1v) is 6.76. The number of carbonyl (C=O) groups excluding carboxylic acids is 2. The molecule has 1 heterocycles. The molecule has 1 aromatic rings. The topological polar surface area (TPSA) is 72.6 Å². The standard InChI is InChI=1S/C15H20N2O3/c1-10-8-12(16)5-6-13(10)14(18)17-7-3-4-11(9-17)15(19)20-2/h5-6,8,11H,3-4,7,9,16H2,1-2H3. The SMILES string of the molecule is COC(=O)C1CCCN(C(=O)c2ccc(N)cc2C)C1. The number of benzene rings is 1. The van der Waals surface area contributed by atoms with Gasteiger partial charge in [-0.05, 0) is 43.5 Å². The zero-order valence-corrected chi connectivity index (χ0v) is 11.9. The second-order valence-electron chi connectivity index (χ2n) is 5.19. The van der Waals surface area contributed by atoms with Gasteiger partial charge >= 0.3 is 5.97 Å². The van der Waals surface area contributed by atoms with Crippen LogP contribution in [0.3, 0.4) is 0 Å². The number of anilines is 1. The van der Waals surface area contributed by atoms with Crippen molar-refractivity contribution in [2.24, 2.45) is 5.92 Å². The number of nitrogens with zero attached hydrogens (tertiary/aromatic N) is 1. The minimum atomic E-state index is -0.239. The van der Waals surface area contributed by atoms with E-state index in [-0.39, 0.29) is 17.8 Å². The van der Waals surface area contributed by atoms with Crippen LogP contribution in [0.15, 0.2) is 18.2 Å². The van der Waals surface area contributed by atoms with Crippen LogP contribution in [0.4, 0.5) is 5.69 Å². The molecule has 108 valence electrons. The number of hydrogen-bond donors (Lipinski definition) is 1. The van der Waals surface area contributed by atoms with E-state index in [1.54, 1.807) is 23.1 Å². The average molecular weight is 276 g/mol. The number of hydrogen-bond acceptors (Lipinski definition) is 4. The van der Waals surface area contributed by atoms with Gasteiger partial charge in [-0.25, -0.2) is 0 Å². The van der Waals surface area contributed by atoms with E-state index in [0.29, 0.717) is 24.3 Å². The van der Waals surface area contributed by atoms with Gasteiger partial charge in [0.25, 0.3) is 5.91 Å². The maximum absolute atomic E-state index is 12.5. The van der Waals surface area contributed by atoms with E-state index in [0.717, 1.165) is 18.4 Å². The Morgan fingerprint density at radius 2 is 2.15 bits per heavy atom. The molecule has 0 aromatic heterocycles. The van der Waals surface area contributed by atoms with Gasteiger partial charge in [0.2, 0.25) is 0 Å². The highest BCUT2D eigenvalue weighted by Gasteiger charge is 2.29. The zero-order chi connectivity index (χ0) is 14.7. The average Bonchev–Trinajstić information content (AvgIpc) is 2.46. The summed E-state index contributed by atoms with van der Waals surface area (Å²) >= 11 is 0. The van der Waals surface area contributed by atoms with Crippen LogP contribution in [0, 0.1) is 12.8 Å². The first kappa shape index (κ1) is 14.4. The van der Waals surface area contributed by atoms with Gasteiger partial charge in [-0.15, -0.1) is 0 Å². The van der Waals surface area contributed by atoms with Crippen molar-refractivity contribution in [2.75, 3.05) is 25.9 Å². The lowest BCUT2D eigenvalue weighted by Gasteiger charge is -2.31. The Labute approximate surface area is 118 Å². The summed E-state index contributed by atoms with van der Waals surface area (Å²) in [5.41, 5.74) is 7.84. The molecule has 20 heavy (non-hydrogen) atoms. The summed E-state index contributed by atoms with van der Waals surface area (Å²) in [5, 5.41) is 0. The van der Waals surface area contributed by atoms with Gasteiger partial charge in [0.1, 0.15) is 0 Å². The van der Waals surface area contributed by atoms with Crippen molar-refractivity contribution in [3.05, 3.63) is 29.3 Å². The van der Waals surface area contributed by atoms with Crippen molar-refractivity contribution in [1.82, 2.24) is 4.90 Å². The highest BCUT2D eigenvalue weighted by molar-refractivity contribution is 5.96. The molecule has 5 heteroatoms. The predicted octanol–water partition coefficient (Wildman–Crippen LogP) is 1.60. The molecule has 1 amide bonds. The molecule has 1 atom stereocenters. The van der Waals surface area contributed by atoms with Crippen molar-refractivity contribution < 1.29 is 14.3 Å². The zero-order valence-electron chi connectivity index (χ0n) is 11.9. The number of methoxy groups -OCH3 is 1. The van der Waals surface area contributed by atoms with Crippen LogP contribution in [-0.2, 0) is 9.53 Å². The number of piperidine rings is 1. The maximum Gasteiger partial charge on any atom is 0.310 e. The largest absolute Gasteiger partial charge is 0.469 e. The molecule has 2 N–H and O–H groups in total. The lowest BCUT2D eigenvalue weighted by molar-refractivity contribution is -0.146. The predicted molar refractivity (Wildman–Crippen MR) is 76.2 cm³/mol. The van der Waals surface area contributed by atoms with Crippen LogP contribution >= 0.6 is 0 Å². The van der Waals surface area contributed by atoms with E-state index < -0.39 is 0 Å². The van der Waals surface area contributed by atoms with E-state index in [9.17, 15) is 9.59 Å². The van der Waals surface area contributed by atoms with Crippen molar-refractivity contribution in [1.29, 1.82) is 0 Å². The molecule has 1 aliphatic rings. The van der Waals surface area contributed by atoms with E-state index in [4.69, 9.17) is 10.5 Å². The highest BCUT2D eigenvalue weighted by Crippen LogP contribution is 2.21. The Bertz CT molecular complexity index is 528.